The second kappa shape index (κ2) is 5.65. The summed E-state index contributed by atoms with van der Waals surface area (Å²) in [6, 6.07) is 6.90. The molecule has 0 saturated carbocycles. The minimum atomic E-state index is -0.462. The van der Waals surface area contributed by atoms with Crippen molar-refractivity contribution in [1.29, 1.82) is 0 Å². The number of Topliss-reactive ketones (excluding diaryl/α,β-unsaturated/α-hetero) is 1. The zero-order chi connectivity index (χ0) is 13.8. The lowest BCUT2D eigenvalue weighted by molar-refractivity contribution is -0.127. The second-order valence-electron chi connectivity index (χ2n) is 4.41. The summed E-state index contributed by atoms with van der Waals surface area (Å²) < 4.78 is 5.13. The van der Waals surface area contributed by atoms with Crippen LogP contribution >= 0.6 is 0 Å². The van der Waals surface area contributed by atoms with Gasteiger partial charge in [0.2, 0.25) is 5.91 Å². The van der Waals surface area contributed by atoms with Crippen LogP contribution in [0.4, 0.5) is 0 Å². The van der Waals surface area contributed by atoms with Crippen molar-refractivity contribution in [3.05, 3.63) is 30.0 Å². The van der Waals surface area contributed by atoms with Gasteiger partial charge in [-0.15, -0.1) is 0 Å². The molecule has 2 aromatic rings. The third-order valence-electron chi connectivity index (χ3n) is 2.99. The summed E-state index contributed by atoms with van der Waals surface area (Å²) >= 11 is 0. The summed E-state index contributed by atoms with van der Waals surface area (Å²) in [6.07, 6.45) is 0.521. The number of rotatable bonds is 5. The molecule has 0 aliphatic carbocycles. The fourth-order valence-electron chi connectivity index (χ4n) is 1.90. The van der Waals surface area contributed by atoms with E-state index >= 15 is 0 Å². The first-order valence-electron chi connectivity index (χ1n) is 6.27. The quantitative estimate of drug-likeness (QED) is 0.890. The number of nitrogens with one attached hydrogen (secondary N) is 1. The molecule has 19 heavy (non-hydrogen) atoms. The van der Waals surface area contributed by atoms with Gasteiger partial charge in [0.15, 0.2) is 11.4 Å². The Morgan fingerprint density at radius 2 is 2.11 bits per heavy atom. The smallest absolute Gasteiger partial charge is 0.226 e. The molecule has 0 fully saturated rings. The number of amides is 1. The Bertz CT molecular complexity index is 604. The van der Waals surface area contributed by atoms with Crippen LogP contribution in [0.25, 0.3) is 11.0 Å². The van der Waals surface area contributed by atoms with Gasteiger partial charge < -0.3 is 9.84 Å². The van der Waals surface area contributed by atoms with E-state index in [0.29, 0.717) is 17.7 Å². The molecule has 0 aliphatic heterocycles. The van der Waals surface area contributed by atoms with Gasteiger partial charge in [-0.1, -0.05) is 24.2 Å². The Morgan fingerprint density at radius 1 is 1.37 bits per heavy atom. The Balaban J connectivity index is 2.05. The number of benzene rings is 1. The van der Waals surface area contributed by atoms with E-state index in [1.165, 1.54) is 0 Å². The molecule has 0 saturated heterocycles. The van der Waals surface area contributed by atoms with Crippen molar-refractivity contribution < 1.29 is 14.1 Å². The molecule has 1 amide bonds. The highest BCUT2D eigenvalue weighted by Gasteiger charge is 2.16. The average Bonchev–Trinajstić information content (AvgIpc) is 2.81. The van der Waals surface area contributed by atoms with E-state index in [2.05, 4.69) is 10.5 Å². The van der Waals surface area contributed by atoms with Gasteiger partial charge in [0, 0.05) is 11.8 Å². The van der Waals surface area contributed by atoms with Gasteiger partial charge in [0.25, 0.3) is 0 Å². The molecule has 100 valence electrons. The van der Waals surface area contributed by atoms with Gasteiger partial charge in [-0.2, -0.15) is 0 Å². The lowest BCUT2D eigenvalue weighted by atomic mass is 10.1. The molecular weight excluding hydrogens is 244 g/mol. The van der Waals surface area contributed by atoms with Crippen molar-refractivity contribution in [1.82, 2.24) is 10.5 Å². The van der Waals surface area contributed by atoms with Gasteiger partial charge in [-0.3, -0.25) is 9.59 Å². The monoisotopic (exact) mass is 260 g/mol. The van der Waals surface area contributed by atoms with Gasteiger partial charge in [0.1, 0.15) is 5.69 Å². The zero-order valence-electron chi connectivity index (χ0n) is 11.0. The highest BCUT2D eigenvalue weighted by Crippen LogP contribution is 2.17. The molecule has 0 bridgehead atoms. The van der Waals surface area contributed by atoms with E-state index in [-0.39, 0.29) is 18.1 Å². The summed E-state index contributed by atoms with van der Waals surface area (Å²) in [5, 5.41) is 7.38. The molecule has 0 radical (unpaired) electrons. The Kier molecular flexibility index (Phi) is 3.94. The number of nitrogens with zero attached hydrogens (tertiary/aromatic N) is 1. The number of para-hydroxylation sites is 1. The average molecular weight is 260 g/mol. The molecule has 0 aliphatic rings. The molecule has 1 heterocycles. The zero-order valence-corrected chi connectivity index (χ0v) is 11.0. The summed E-state index contributed by atoms with van der Waals surface area (Å²) in [4.78, 5) is 23.3. The van der Waals surface area contributed by atoms with Crippen LogP contribution in [-0.2, 0) is 16.0 Å². The first-order valence-corrected chi connectivity index (χ1v) is 6.27. The number of ketones is 1. The fourth-order valence-corrected chi connectivity index (χ4v) is 1.90. The fraction of sp³-hybridized carbons (Fsp3) is 0.357. The topological polar surface area (TPSA) is 72.2 Å². The van der Waals surface area contributed by atoms with E-state index in [1.54, 1.807) is 19.9 Å². The standard InChI is InChI=1S/C14H16N2O3/c1-3-12(17)9(2)15-14(18)8-11-10-6-4-5-7-13(10)19-16-11/h4-7,9H,3,8H2,1-2H3,(H,15,18). The minimum absolute atomic E-state index is 0.0124. The Morgan fingerprint density at radius 3 is 2.84 bits per heavy atom. The summed E-state index contributed by atoms with van der Waals surface area (Å²) in [5.74, 6) is -0.216. The summed E-state index contributed by atoms with van der Waals surface area (Å²) in [7, 11) is 0. The lowest BCUT2D eigenvalue weighted by Crippen LogP contribution is -2.39. The van der Waals surface area contributed by atoms with E-state index in [4.69, 9.17) is 4.52 Å². The molecule has 5 nitrogen and oxygen atoms in total. The van der Waals surface area contributed by atoms with Crippen molar-refractivity contribution in [3.63, 3.8) is 0 Å². The maximum Gasteiger partial charge on any atom is 0.226 e. The first kappa shape index (κ1) is 13.3. The SMILES string of the molecule is CCC(=O)C(C)NC(=O)Cc1noc2ccccc12. The number of hydrogen-bond acceptors (Lipinski definition) is 4. The molecule has 2 rings (SSSR count). The Hall–Kier alpha value is -2.17. The van der Waals surface area contributed by atoms with Crippen LogP contribution in [-0.4, -0.2) is 22.9 Å². The van der Waals surface area contributed by atoms with E-state index in [0.717, 1.165) is 5.39 Å². The number of carbonyl (C=O) groups excluding carboxylic acids is 2. The van der Waals surface area contributed by atoms with Crippen LogP contribution < -0.4 is 5.32 Å². The molecule has 1 atom stereocenters. The van der Waals surface area contributed by atoms with Crippen molar-refractivity contribution in [3.8, 4) is 0 Å². The lowest BCUT2D eigenvalue weighted by Gasteiger charge is -2.10. The highest BCUT2D eigenvalue weighted by atomic mass is 16.5. The normalized spacial score (nSPS) is 12.3. The molecule has 1 aromatic heterocycles. The van der Waals surface area contributed by atoms with Gasteiger partial charge in [-0.05, 0) is 19.1 Å². The largest absolute Gasteiger partial charge is 0.356 e. The van der Waals surface area contributed by atoms with E-state index in [9.17, 15) is 9.59 Å². The number of fused-ring (bicyclic) bond motifs is 1. The summed E-state index contributed by atoms with van der Waals surface area (Å²) in [5.41, 5.74) is 1.24. The highest BCUT2D eigenvalue weighted by molar-refractivity contribution is 5.91. The van der Waals surface area contributed by atoms with Crippen LogP contribution in [0.1, 0.15) is 26.0 Å². The van der Waals surface area contributed by atoms with Crippen LogP contribution in [0.2, 0.25) is 0 Å². The third kappa shape index (κ3) is 2.99. The van der Waals surface area contributed by atoms with Crippen LogP contribution in [0.5, 0.6) is 0 Å². The molecule has 0 spiro atoms. The second-order valence-corrected chi connectivity index (χ2v) is 4.41. The van der Waals surface area contributed by atoms with Crippen molar-refractivity contribution in [2.45, 2.75) is 32.7 Å². The van der Waals surface area contributed by atoms with E-state index in [1.807, 2.05) is 18.2 Å². The molecule has 1 aromatic carbocycles. The Labute approximate surface area is 111 Å². The van der Waals surface area contributed by atoms with Crippen molar-refractivity contribution in [2.24, 2.45) is 0 Å². The van der Waals surface area contributed by atoms with E-state index < -0.39 is 6.04 Å². The van der Waals surface area contributed by atoms with Crippen LogP contribution in [0, 0.1) is 0 Å². The van der Waals surface area contributed by atoms with Gasteiger partial charge in [-0.25, -0.2) is 0 Å². The maximum absolute atomic E-state index is 11.8. The maximum atomic E-state index is 11.8. The van der Waals surface area contributed by atoms with Crippen LogP contribution in [0.15, 0.2) is 28.8 Å². The first-order chi connectivity index (χ1) is 9.11. The molecule has 1 unspecified atom stereocenters. The predicted molar refractivity (Wildman–Crippen MR) is 70.6 cm³/mol. The molecular formula is C14H16N2O3. The minimum Gasteiger partial charge on any atom is -0.356 e. The van der Waals surface area contributed by atoms with Gasteiger partial charge >= 0.3 is 0 Å². The van der Waals surface area contributed by atoms with Crippen molar-refractivity contribution >= 4 is 22.7 Å². The van der Waals surface area contributed by atoms with Crippen molar-refractivity contribution in [2.75, 3.05) is 0 Å². The number of aromatic nitrogens is 1. The number of hydrogen-bond donors (Lipinski definition) is 1. The van der Waals surface area contributed by atoms with Gasteiger partial charge in [0.05, 0.1) is 12.5 Å². The third-order valence-corrected chi connectivity index (χ3v) is 2.99. The van der Waals surface area contributed by atoms with Crippen LogP contribution in [0.3, 0.4) is 0 Å². The number of carbonyl (C=O) groups is 2. The molecule has 1 N–H and O–H groups in total. The molecule has 5 heteroatoms. The summed E-state index contributed by atoms with van der Waals surface area (Å²) in [6.45, 7) is 3.46. The predicted octanol–water partition coefficient (Wildman–Crippen LogP) is 1.85.